The summed E-state index contributed by atoms with van der Waals surface area (Å²) in [4.78, 5) is 12.6. The molecule has 1 aromatic rings. The number of anilines is 1. The fourth-order valence-electron chi connectivity index (χ4n) is 2.08. The second-order valence-electron chi connectivity index (χ2n) is 4.01. The zero-order valence-electron chi connectivity index (χ0n) is 8.91. The molecule has 0 N–H and O–H groups in total. The van der Waals surface area contributed by atoms with Crippen molar-refractivity contribution in [1.29, 1.82) is 0 Å². The monoisotopic (exact) mass is 202 g/mol. The molecule has 2 nitrogen and oxygen atoms in total. The van der Waals surface area contributed by atoms with E-state index in [2.05, 4.69) is 29.2 Å². The van der Waals surface area contributed by atoms with E-state index in [1.54, 1.807) is 0 Å². The Kier molecular flexibility index (Phi) is 3.38. The topological polar surface area (TPSA) is 20.3 Å². The van der Waals surface area contributed by atoms with Gasteiger partial charge in [0.25, 0.3) is 0 Å². The molecule has 79 valence electrons. The van der Waals surface area contributed by atoms with Crippen LogP contribution in [0.3, 0.4) is 0 Å². The molecule has 0 amide bonds. The Morgan fingerprint density at radius 1 is 1.27 bits per heavy atom. The van der Waals surface area contributed by atoms with Gasteiger partial charge in [0.2, 0.25) is 0 Å². The van der Waals surface area contributed by atoms with Crippen LogP contribution in [0.15, 0.2) is 24.3 Å². The number of carbonyl (C=O) groups excluding carboxylic acids is 1. The van der Waals surface area contributed by atoms with Gasteiger partial charge in [0, 0.05) is 25.2 Å². The molecule has 2 heteroatoms. The Bertz CT molecular complexity index is 329. The third-order valence-corrected chi connectivity index (χ3v) is 2.90. The van der Waals surface area contributed by atoms with Crippen LogP contribution >= 0.6 is 0 Å². The first kappa shape index (κ1) is 10.2. The molecule has 0 unspecified atom stereocenters. The van der Waals surface area contributed by atoms with Crippen molar-refractivity contribution in [3.63, 3.8) is 0 Å². The molecule has 15 heavy (non-hydrogen) atoms. The van der Waals surface area contributed by atoms with Gasteiger partial charge >= 0.3 is 0 Å². The molecule has 1 aromatic carbocycles. The summed E-state index contributed by atoms with van der Waals surface area (Å²) in [6.07, 6.45) is 5.85. The number of nitrogens with zero attached hydrogens (tertiary/aromatic N) is 1. The van der Waals surface area contributed by atoms with Crippen LogP contribution in [-0.2, 0) is 11.2 Å². The van der Waals surface area contributed by atoms with Crippen molar-refractivity contribution in [2.24, 2.45) is 0 Å². The highest BCUT2D eigenvalue weighted by molar-refractivity contribution is 5.53. The van der Waals surface area contributed by atoms with Gasteiger partial charge in [0.15, 0.2) is 6.29 Å². The number of hydrogen-bond donors (Lipinski definition) is 0. The van der Waals surface area contributed by atoms with Crippen molar-refractivity contribution < 1.29 is 4.79 Å². The Morgan fingerprint density at radius 2 is 2.07 bits per heavy atom. The van der Waals surface area contributed by atoms with Crippen LogP contribution < -0.4 is 4.90 Å². The molecule has 0 bridgehead atoms. The summed E-state index contributed by atoms with van der Waals surface area (Å²) >= 11 is 0. The van der Waals surface area contributed by atoms with E-state index in [0.717, 1.165) is 6.42 Å². The third kappa shape index (κ3) is 2.58. The van der Waals surface area contributed by atoms with Crippen molar-refractivity contribution in [1.82, 2.24) is 0 Å². The van der Waals surface area contributed by atoms with E-state index in [4.69, 9.17) is 0 Å². The molecular weight excluding hydrogens is 186 g/mol. The minimum Gasteiger partial charge on any atom is -0.372 e. The van der Waals surface area contributed by atoms with Gasteiger partial charge in [-0.05, 0) is 37.0 Å². The summed E-state index contributed by atoms with van der Waals surface area (Å²) < 4.78 is 0. The molecule has 1 heterocycles. The van der Waals surface area contributed by atoms with Crippen molar-refractivity contribution in [2.45, 2.75) is 25.7 Å². The van der Waals surface area contributed by atoms with Gasteiger partial charge in [-0.3, -0.25) is 4.79 Å². The summed E-state index contributed by atoms with van der Waals surface area (Å²) in [6.45, 7) is 2.34. The maximum Gasteiger partial charge on any atom is 0.198 e. The Labute approximate surface area is 90.9 Å². The van der Waals surface area contributed by atoms with Gasteiger partial charge in [0.1, 0.15) is 0 Å². The number of benzene rings is 1. The number of rotatable bonds is 4. The van der Waals surface area contributed by atoms with E-state index < -0.39 is 0 Å². The molecule has 1 radical (unpaired) electrons. The quantitative estimate of drug-likeness (QED) is 0.747. The van der Waals surface area contributed by atoms with Crippen molar-refractivity contribution in [2.75, 3.05) is 18.0 Å². The first-order valence-corrected chi connectivity index (χ1v) is 5.59. The number of aryl methyl sites for hydroxylation is 1. The van der Waals surface area contributed by atoms with E-state index in [9.17, 15) is 4.79 Å². The third-order valence-electron chi connectivity index (χ3n) is 2.90. The fourth-order valence-corrected chi connectivity index (χ4v) is 2.08. The zero-order valence-corrected chi connectivity index (χ0v) is 8.91. The van der Waals surface area contributed by atoms with Gasteiger partial charge in [-0.15, -0.1) is 0 Å². The van der Waals surface area contributed by atoms with Gasteiger partial charge in [-0.1, -0.05) is 12.1 Å². The summed E-state index contributed by atoms with van der Waals surface area (Å²) in [6, 6.07) is 8.51. The molecule has 0 atom stereocenters. The summed E-state index contributed by atoms with van der Waals surface area (Å²) in [7, 11) is 0. The highest BCUT2D eigenvalue weighted by Crippen LogP contribution is 2.21. The fraction of sp³-hybridized carbons (Fsp3) is 0.462. The van der Waals surface area contributed by atoms with Crippen molar-refractivity contribution in [3.8, 4) is 0 Å². The second kappa shape index (κ2) is 4.96. The predicted molar refractivity (Wildman–Crippen MR) is 61.9 cm³/mol. The standard InChI is InChI=1S/C13H16NO/c15-10-4-6-12-5-3-7-13(11-12)14-8-1-2-9-14/h3,5,7,11H,1-2,4,6,8-9H2. The first-order valence-electron chi connectivity index (χ1n) is 5.59. The molecule has 1 fully saturated rings. The largest absolute Gasteiger partial charge is 0.372 e. The van der Waals surface area contributed by atoms with Crippen LogP contribution in [0.4, 0.5) is 5.69 Å². The van der Waals surface area contributed by atoms with Gasteiger partial charge in [-0.25, -0.2) is 0 Å². The van der Waals surface area contributed by atoms with Gasteiger partial charge in [-0.2, -0.15) is 0 Å². The van der Waals surface area contributed by atoms with Crippen LogP contribution in [0.1, 0.15) is 24.8 Å². The van der Waals surface area contributed by atoms with E-state index in [1.807, 2.05) is 6.29 Å². The second-order valence-corrected chi connectivity index (χ2v) is 4.01. The predicted octanol–water partition coefficient (Wildman–Crippen LogP) is 2.33. The SMILES string of the molecule is O=[C]CCc1cccc(N2CCCC2)c1. The lowest BCUT2D eigenvalue weighted by Gasteiger charge is -2.18. The normalized spacial score (nSPS) is 15.6. The Hall–Kier alpha value is -1.31. The molecule has 0 spiro atoms. The maximum atomic E-state index is 10.2. The van der Waals surface area contributed by atoms with E-state index in [-0.39, 0.29) is 0 Å². The summed E-state index contributed by atoms with van der Waals surface area (Å²) in [5, 5.41) is 0. The summed E-state index contributed by atoms with van der Waals surface area (Å²) in [5.41, 5.74) is 2.54. The first-order chi connectivity index (χ1) is 7.40. The highest BCUT2D eigenvalue weighted by Gasteiger charge is 2.11. The number of hydrogen-bond acceptors (Lipinski definition) is 2. The molecule has 0 aromatic heterocycles. The van der Waals surface area contributed by atoms with Crippen molar-refractivity contribution >= 4 is 12.0 Å². The van der Waals surface area contributed by atoms with Crippen LogP contribution in [-0.4, -0.2) is 19.4 Å². The minimum absolute atomic E-state index is 0.503. The molecule has 1 aliphatic heterocycles. The van der Waals surface area contributed by atoms with Crippen LogP contribution in [0.25, 0.3) is 0 Å². The zero-order chi connectivity index (χ0) is 10.5. The van der Waals surface area contributed by atoms with Crippen molar-refractivity contribution in [3.05, 3.63) is 29.8 Å². The molecular formula is C13H16NO. The molecule has 2 rings (SSSR count). The van der Waals surface area contributed by atoms with E-state index in [1.165, 1.54) is 37.2 Å². The maximum absolute atomic E-state index is 10.2. The lowest BCUT2D eigenvalue weighted by atomic mass is 10.1. The molecule has 1 aliphatic rings. The van der Waals surface area contributed by atoms with Crippen LogP contribution in [0.2, 0.25) is 0 Å². The Morgan fingerprint density at radius 3 is 2.80 bits per heavy atom. The smallest absolute Gasteiger partial charge is 0.198 e. The van der Waals surface area contributed by atoms with E-state index in [0.29, 0.717) is 6.42 Å². The lowest BCUT2D eigenvalue weighted by molar-refractivity contribution is 0.551. The molecule has 0 aliphatic carbocycles. The minimum atomic E-state index is 0.503. The average molecular weight is 202 g/mol. The summed E-state index contributed by atoms with van der Waals surface area (Å²) in [5.74, 6) is 0. The molecule has 1 saturated heterocycles. The lowest BCUT2D eigenvalue weighted by Crippen LogP contribution is -2.17. The highest BCUT2D eigenvalue weighted by atomic mass is 16.1. The average Bonchev–Trinajstić information content (AvgIpc) is 2.80. The van der Waals surface area contributed by atoms with Crippen LogP contribution in [0, 0.1) is 0 Å². The van der Waals surface area contributed by atoms with Gasteiger partial charge < -0.3 is 4.90 Å². The Balaban J connectivity index is 2.07. The van der Waals surface area contributed by atoms with Crippen LogP contribution in [0.5, 0.6) is 0 Å². The molecule has 0 saturated carbocycles. The van der Waals surface area contributed by atoms with Gasteiger partial charge in [0.05, 0.1) is 0 Å². The van der Waals surface area contributed by atoms with E-state index >= 15 is 0 Å².